The molecule has 7 heteroatoms. The van der Waals surface area contributed by atoms with E-state index >= 15 is 0 Å². The van der Waals surface area contributed by atoms with E-state index in [1.807, 2.05) is 0 Å². The third kappa shape index (κ3) is 2.01. The lowest BCUT2D eigenvalue weighted by Gasteiger charge is -2.04. The first kappa shape index (κ1) is 10.2. The lowest BCUT2D eigenvalue weighted by molar-refractivity contribution is -0.0489. The Hall–Kier alpha value is -1.37. The summed E-state index contributed by atoms with van der Waals surface area (Å²) in [6.07, 6.45) is 0. The summed E-state index contributed by atoms with van der Waals surface area (Å²) >= 11 is 3.17. The standard InChI is InChI=1S/C8H6BrF2N3O/c9-3-1-4-6(14-8(12)13-4)5(2-3)15-7(10)11/h1-2,7H,(H3,12,13,14). The zero-order valence-electron chi connectivity index (χ0n) is 7.30. The predicted molar refractivity (Wildman–Crippen MR) is 54.8 cm³/mol. The average Bonchev–Trinajstić information content (AvgIpc) is 2.44. The maximum atomic E-state index is 12.1. The number of nitrogen functional groups attached to an aromatic ring is 1. The fourth-order valence-electron chi connectivity index (χ4n) is 1.26. The molecule has 0 amide bonds. The normalized spacial score (nSPS) is 11.2. The molecule has 0 atom stereocenters. The van der Waals surface area contributed by atoms with Crippen molar-refractivity contribution in [1.29, 1.82) is 0 Å². The highest BCUT2D eigenvalue weighted by Gasteiger charge is 2.12. The topological polar surface area (TPSA) is 63.9 Å². The summed E-state index contributed by atoms with van der Waals surface area (Å²) in [5.41, 5.74) is 6.24. The van der Waals surface area contributed by atoms with Gasteiger partial charge < -0.3 is 15.5 Å². The van der Waals surface area contributed by atoms with Crippen LogP contribution in [0.2, 0.25) is 0 Å². The second kappa shape index (κ2) is 3.65. The van der Waals surface area contributed by atoms with Crippen molar-refractivity contribution >= 4 is 32.9 Å². The number of H-pyrrole nitrogens is 1. The number of hydrogen-bond donors (Lipinski definition) is 2. The van der Waals surface area contributed by atoms with E-state index in [1.165, 1.54) is 6.07 Å². The number of ether oxygens (including phenoxy) is 1. The average molecular weight is 278 g/mol. The second-order valence-corrected chi connectivity index (χ2v) is 3.72. The van der Waals surface area contributed by atoms with Crippen molar-refractivity contribution in [3.63, 3.8) is 0 Å². The summed E-state index contributed by atoms with van der Waals surface area (Å²) in [5, 5.41) is 0. The van der Waals surface area contributed by atoms with Crippen molar-refractivity contribution in [1.82, 2.24) is 9.97 Å². The van der Waals surface area contributed by atoms with E-state index in [0.717, 1.165) is 0 Å². The fraction of sp³-hybridized carbons (Fsp3) is 0.125. The Kier molecular flexibility index (Phi) is 2.47. The number of benzene rings is 1. The molecule has 1 heterocycles. The maximum absolute atomic E-state index is 12.1. The molecule has 15 heavy (non-hydrogen) atoms. The third-order valence-electron chi connectivity index (χ3n) is 1.75. The van der Waals surface area contributed by atoms with E-state index in [9.17, 15) is 8.78 Å². The number of nitrogens with zero attached hydrogens (tertiary/aromatic N) is 1. The number of rotatable bonds is 2. The van der Waals surface area contributed by atoms with Crippen LogP contribution in [-0.4, -0.2) is 16.6 Å². The number of fused-ring (bicyclic) bond motifs is 1. The molecule has 2 rings (SSSR count). The van der Waals surface area contributed by atoms with Crippen LogP contribution in [0.15, 0.2) is 16.6 Å². The highest BCUT2D eigenvalue weighted by Crippen LogP contribution is 2.30. The Labute approximate surface area is 91.6 Å². The number of hydrogen-bond acceptors (Lipinski definition) is 3. The lowest BCUT2D eigenvalue weighted by Crippen LogP contribution is -2.02. The summed E-state index contributed by atoms with van der Waals surface area (Å²) in [6.45, 7) is -2.89. The Bertz CT molecular complexity index is 500. The minimum Gasteiger partial charge on any atom is -0.432 e. The first-order valence-corrected chi connectivity index (χ1v) is 4.75. The predicted octanol–water partition coefficient (Wildman–Crippen LogP) is 2.51. The van der Waals surface area contributed by atoms with Crippen molar-refractivity contribution in [2.75, 3.05) is 5.73 Å². The Morgan fingerprint density at radius 3 is 2.87 bits per heavy atom. The maximum Gasteiger partial charge on any atom is 0.387 e. The van der Waals surface area contributed by atoms with Gasteiger partial charge in [0.1, 0.15) is 5.52 Å². The highest BCUT2D eigenvalue weighted by atomic mass is 79.9. The van der Waals surface area contributed by atoms with Gasteiger partial charge in [0.2, 0.25) is 0 Å². The zero-order chi connectivity index (χ0) is 11.0. The summed E-state index contributed by atoms with van der Waals surface area (Å²) in [5.74, 6) is 0.143. The summed E-state index contributed by atoms with van der Waals surface area (Å²) < 4.78 is 29.1. The number of halogens is 3. The molecule has 0 bridgehead atoms. The van der Waals surface area contributed by atoms with Gasteiger partial charge in [-0.3, -0.25) is 0 Å². The molecule has 0 aliphatic carbocycles. The van der Waals surface area contributed by atoms with Gasteiger partial charge in [-0.25, -0.2) is 4.98 Å². The summed E-state index contributed by atoms with van der Waals surface area (Å²) in [4.78, 5) is 6.58. The summed E-state index contributed by atoms with van der Waals surface area (Å²) in [7, 11) is 0. The Morgan fingerprint density at radius 2 is 2.20 bits per heavy atom. The second-order valence-electron chi connectivity index (χ2n) is 2.80. The van der Waals surface area contributed by atoms with Crippen molar-refractivity contribution in [2.24, 2.45) is 0 Å². The molecule has 0 aliphatic rings. The minimum atomic E-state index is -2.89. The molecule has 0 unspecified atom stereocenters. The number of nitrogens with two attached hydrogens (primary N) is 1. The molecular formula is C8H6BrF2N3O. The molecule has 0 fully saturated rings. The van der Waals surface area contributed by atoms with E-state index < -0.39 is 6.61 Å². The van der Waals surface area contributed by atoms with Gasteiger partial charge in [-0.1, -0.05) is 15.9 Å². The van der Waals surface area contributed by atoms with Crippen LogP contribution in [0.5, 0.6) is 5.75 Å². The van der Waals surface area contributed by atoms with Crippen LogP contribution < -0.4 is 10.5 Å². The minimum absolute atomic E-state index is 0.0117. The number of alkyl halides is 2. The first-order valence-electron chi connectivity index (χ1n) is 3.96. The molecule has 80 valence electrons. The largest absolute Gasteiger partial charge is 0.432 e. The molecule has 2 aromatic rings. The van der Waals surface area contributed by atoms with Gasteiger partial charge in [0, 0.05) is 4.47 Å². The zero-order valence-corrected chi connectivity index (χ0v) is 8.88. The van der Waals surface area contributed by atoms with Crippen LogP contribution in [0, 0.1) is 0 Å². The molecular weight excluding hydrogens is 272 g/mol. The Morgan fingerprint density at radius 1 is 1.47 bits per heavy atom. The van der Waals surface area contributed by atoms with E-state index in [2.05, 4.69) is 30.6 Å². The molecule has 1 aromatic carbocycles. The van der Waals surface area contributed by atoms with Crippen LogP contribution in [0.4, 0.5) is 14.7 Å². The Balaban J connectivity index is 2.59. The van der Waals surface area contributed by atoms with E-state index in [4.69, 9.17) is 5.73 Å². The quantitative estimate of drug-likeness (QED) is 0.887. The van der Waals surface area contributed by atoms with Crippen LogP contribution in [-0.2, 0) is 0 Å². The van der Waals surface area contributed by atoms with Gasteiger partial charge >= 0.3 is 6.61 Å². The number of aromatic nitrogens is 2. The van der Waals surface area contributed by atoms with Gasteiger partial charge in [-0.2, -0.15) is 8.78 Å². The van der Waals surface area contributed by atoms with Gasteiger partial charge in [-0.15, -0.1) is 0 Å². The van der Waals surface area contributed by atoms with Crippen molar-refractivity contribution in [3.8, 4) is 5.75 Å². The van der Waals surface area contributed by atoms with Gasteiger partial charge in [0.25, 0.3) is 0 Å². The van der Waals surface area contributed by atoms with Crippen LogP contribution in [0.3, 0.4) is 0 Å². The molecule has 3 N–H and O–H groups in total. The van der Waals surface area contributed by atoms with Crippen LogP contribution in [0.1, 0.15) is 0 Å². The highest BCUT2D eigenvalue weighted by molar-refractivity contribution is 9.10. The fourth-order valence-corrected chi connectivity index (χ4v) is 1.69. The van der Waals surface area contributed by atoms with Gasteiger partial charge in [-0.05, 0) is 12.1 Å². The third-order valence-corrected chi connectivity index (χ3v) is 2.21. The van der Waals surface area contributed by atoms with Gasteiger partial charge in [0.15, 0.2) is 11.7 Å². The molecule has 1 aromatic heterocycles. The number of imidazole rings is 1. The summed E-state index contributed by atoms with van der Waals surface area (Å²) in [6, 6.07) is 3.09. The van der Waals surface area contributed by atoms with E-state index in [-0.39, 0.29) is 17.2 Å². The van der Waals surface area contributed by atoms with Crippen LogP contribution >= 0.6 is 15.9 Å². The number of aromatic amines is 1. The molecule has 0 spiro atoms. The van der Waals surface area contributed by atoms with Crippen molar-refractivity contribution in [3.05, 3.63) is 16.6 Å². The van der Waals surface area contributed by atoms with Crippen molar-refractivity contribution < 1.29 is 13.5 Å². The van der Waals surface area contributed by atoms with Crippen molar-refractivity contribution in [2.45, 2.75) is 6.61 Å². The van der Waals surface area contributed by atoms with E-state index in [0.29, 0.717) is 9.99 Å². The van der Waals surface area contributed by atoms with Gasteiger partial charge in [0.05, 0.1) is 5.52 Å². The number of anilines is 1. The monoisotopic (exact) mass is 277 g/mol. The SMILES string of the molecule is Nc1nc2c(OC(F)F)cc(Br)cc2[nH]1. The molecule has 0 aliphatic heterocycles. The van der Waals surface area contributed by atoms with E-state index in [1.54, 1.807) is 6.07 Å². The molecule has 0 saturated carbocycles. The molecule has 0 radical (unpaired) electrons. The van der Waals surface area contributed by atoms with Crippen LogP contribution in [0.25, 0.3) is 11.0 Å². The lowest BCUT2D eigenvalue weighted by atomic mass is 10.3. The first-order chi connectivity index (χ1) is 7.06. The number of nitrogens with one attached hydrogen (secondary N) is 1. The molecule has 0 saturated heterocycles. The smallest absolute Gasteiger partial charge is 0.387 e. The molecule has 4 nitrogen and oxygen atoms in total.